The summed E-state index contributed by atoms with van der Waals surface area (Å²) in [4.78, 5) is 0. The molecular weight excluding hydrogens is 384 g/mol. The minimum absolute atomic E-state index is 0.199. The molecule has 0 amide bonds. The van der Waals surface area contributed by atoms with Crippen molar-refractivity contribution in [3.8, 4) is 22.7 Å². The normalized spacial score (nSPS) is 18.7. The number of rotatable bonds is 3. The topological polar surface area (TPSA) is 47.3 Å². The molecule has 0 saturated carbocycles. The van der Waals surface area contributed by atoms with Crippen LogP contribution < -0.4 is 0 Å². The van der Waals surface area contributed by atoms with E-state index in [2.05, 4.69) is 33.8 Å². The zero-order valence-corrected chi connectivity index (χ0v) is 18.1. The monoisotopic (exact) mass is 410 g/mol. The van der Waals surface area contributed by atoms with E-state index in [0.717, 1.165) is 29.8 Å². The van der Waals surface area contributed by atoms with Crippen LogP contribution >= 0.6 is 11.6 Å². The Labute approximate surface area is 177 Å². The molecule has 0 radical (unpaired) electrons. The molecule has 1 aromatic heterocycles. The Morgan fingerprint density at radius 2 is 1.62 bits per heavy atom. The van der Waals surface area contributed by atoms with Crippen molar-refractivity contribution in [1.82, 2.24) is 9.78 Å². The quantitative estimate of drug-likeness (QED) is 0.547. The summed E-state index contributed by atoms with van der Waals surface area (Å²) in [7, 11) is 0. The lowest BCUT2D eigenvalue weighted by molar-refractivity contribution is -0.162. The van der Waals surface area contributed by atoms with Crippen LogP contribution in [-0.4, -0.2) is 26.1 Å². The zero-order chi connectivity index (χ0) is 20.8. The van der Waals surface area contributed by atoms with Crippen molar-refractivity contribution in [2.45, 2.75) is 57.7 Å². The van der Waals surface area contributed by atoms with Crippen LogP contribution in [0.1, 0.15) is 52.1 Å². The van der Waals surface area contributed by atoms with Crippen LogP contribution in [-0.2, 0) is 4.74 Å². The van der Waals surface area contributed by atoms with E-state index in [-0.39, 0.29) is 22.9 Å². The Balaban J connectivity index is 1.84. The van der Waals surface area contributed by atoms with Gasteiger partial charge in [-0.3, -0.25) is 0 Å². The molecule has 1 N–H and O–H groups in total. The van der Waals surface area contributed by atoms with Gasteiger partial charge in [0.25, 0.3) is 0 Å². The highest BCUT2D eigenvalue weighted by molar-refractivity contribution is 6.30. The van der Waals surface area contributed by atoms with E-state index in [1.165, 1.54) is 0 Å². The lowest BCUT2D eigenvalue weighted by Crippen LogP contribution is -2.44. The average molecular weight is 411 g/mol. The van der Waals surface area contributed by atoms with Crippen LogP contribution in [0.15, 0.2) is 54.6 Å². The molecule has 1 aliphatic heterocycles. The first-order chi connectivity index (χ1) is 13.6. The highest BCUT2D eigenvalue weighted by atomic mass is 35.5. The first kappa shape index (κ1) is 20.0. The molecule has 1 saturated heterocycles. The van der Waals surface area contributed by atoms with Crippen LogP contribution in [0.3, 0.4) is 0 Å². The van der Waals surface area contributed by atoms with E-state index in [9.17, 15) is 5.11 Å². The first-order valence-corrected chi connectivity index (χ1v) is 10.4. The smallest absolute Gasteiger partial charge is 0.141 e. The molecule has 2 aromatic carbocycles. The van der Waals surface area contributed by atoms with Gasteiger partial charge in [-0.1, -0.05) is 35.9 Å². The number of aromatic nitrogens is 2. The maximum absolute atomic E-state index is 10.5. The number of hydrogen-bond acceptors (Lipinski definition) is 3. The molecule has 0 spiro atoms. The van der Waals surface area contributed by atoms with Crippen LogP contribution in [0.25, 0.3) is 16.9 Å². The van der Waals surface area contributed by atoms with Crippen molar-refractivity contribution in [2.24, 2.45) is 0 Å². The summed E-state index contributed by atoms with van der Waals surface area (Å²) in [6.07, 6.45) is 1.79. The maximum Gasteiger partial charge on any atom is 0.141 e. The molecular formula is C24H27ClN2O2. The highest BCUT2D eigenvalue weighted by Crippen LogP contribution is 2.44. The van der Waals surface area contributed by atoms with Crippen molar-refractivity contribution >= 4 is 11.6 Å². The molecule has 3 aromatic rings. The number of para-hydroxylation sites is 2. The van der Waals surface area contributed by atoms with Gasteiger partial charge in [0.1, 0.15) is 11.4 Å². The van der Waals surface area contributed by atoms with Gasteiger partial charge in [-0.05, 0) is 70.9 Å². The minimum Gasteiger partial charge on any atom is -0.506 e. The van der Waals surface area contributed by atoms with Crippen molar-refractivity contribution in [3.63, 3.8) is 0 Å². The van der Waals surface area contributed by atoms with Gasteiger partial charge in [-0.25, -0.2) is 4.68 Å². The lowest BCUT2D eigenvalue weighted by Gasteiger charge is -2.45. The van der Waals surface area contributed by atoms with Crippen LogP contribution in [0.4, 0.5) is 0 Å². The Morgan fingerprint density at radius 1 is 1.00 bits per heavy atom. The fourth-order valence-corrected chi connectivity index (χ4v) is 4.68. The van der Waals surface area contributed by atoms with E-state index in [4.69, 9.17) is 21.4 Å². The standard InChI is InChI=1S/C24H27ClN2O2/c1-23(2)14-17(15-24(3,4)29-23)19-13-21(16-9-11-18(25)12-10-16)27(26-19)20-7-5-6-8-22(20)28/h5-13,17,28H,14-15H2,1-4H3. The van der Waals surface area contributed by atoms with Gasteiger partial charge in [0.05, 0.1) is 22.6 Å². The van der Waals surface area contributed by atoms with E-state index < -0.39 is 0 Å². The molecule has 0 bridgehead atoms. The SMILES string of the molecule is CC1(C)CC(c2cc(-c3ccc(Cl)cc3)n(-c3ccccc3O)n2)CC(C)(C)O1. The van der Waals surface area contributed by atoms with Gasteiger partial charge in [-0.2, -0.15) is 5.10 Å². The largest absolute Gasteiger partial charge is 0.506 e. The summed E-state index contributed by atoms with van der Waals surface area (Å²) in [5.74, 6) is 0.469. The molecule has 1 aliphatic rings. The van der Waals surface area contributed by atoms with E-state index >= 15 is 0 Å². The van der Waals surface area contributed by atoms with Crippen molar-refractivity contribution < 1.29 is 9.84 Å². The van der Waals surface area contributed by atoms with Crippen LogP contribution in [0.2, 0.25) is 5.02 Å². The predicted molar refractivity (Wildman–Crippen MR) is 117 cm³/mol. The first-order valence-electron chi connectivity index (χ1n) is 9.98. The van der Waals surface area contributed by atoms with Gasteiger partial charge < -0.3 is 9.84 Å². The van der Waals surface area contributed by atoms with Crippen molar-refractivity contribution in [3.05, 3.63) is 65.3 Å². The van der Waals surface area contributed by atoms with Gasteiger partial charge in [0, 0.05) is 16.5 Å². The summed E-state index contributed by atoms with van der Waals surface area (Å²) in [5.41, 5.74) is 3.18. The second-order valence-electron chi connectivity index (χ2n) is 9.09. The Hall–Kier alpha value is -2.30. The number of hydrogen-bond donors (Lipinski definition) is 1. The number of ether oxygens (including phenoxy) is 1. The molecule has 4 rings (SSSR count). The van der Waals surface area contributed by atoms with E-state index in [1.807, 2.05) is 47.1 Å². The summed E-state index contributed by atoms with van der Waals surface area (Å²) in [5, 5.41) is 16.1. The third kappa shape index (κ3) is 4.19. The molecule has 1 fully saturated rings. The molecule has 0 unspecified atom stereocenters. The fraction of sp³-hybridized carbons (Fsp3) is 0.375. The van der Waals surface area contributed by atoms with Gasteiger partial charge in [0.2, 0.25) is 0 Å². The maximum atomic E-state index is 10.5. The summed E-state index contributed by atoms with van der Waals surface area (Å²) < 4.78 is 8.10. The molecule has 5 heteroatoms. The number of aromatic hydroxyl groups is 1. The van der Waals surface area contributed by atoms with Crippen molar-refractivity contribution in [1.29, 1.82) is 0 Å². The lowest BCUT2D eigenvalue weighted by atomic mass is 9.79. The van der Waals surface area contributed by atoms with Gasteiger partial charge >= 0.3 is 0 Å². The molecule has 0 atom stereocenters. The highest BCUT2D eigenvalue weighted by Gasteiger charge is 2.41. The zero-order valence-electron chi connectivity index (χ0n) is 17.3. The van der Waals surface area contributed by atoms with E-state index in [0.29, 0.717) is 10.7 Å². The summed E-state index contributed by atoms with van der Waals surface area (Å²) >= 11 is 6.09. The minimum atomic E-state index is -0.217. The Morgan fingerprint density at radius 3 is 2.24 bits per heavy atom. The second-order valence-corrected chi connectivity index (χ2v) is 9.52. The number of halogens is 1. The third-order valence-electron chi connectivity index (χ3n) is 5.42. The van der Waals surface area contributed by atoms with Gasteiger partial charge in [-0.15, -0.1) is 0 Å². The molecule has 152 valence electrons. The van der Waals surface area contributed by atoms with E-state index in [1.54, 1.807) is 6.07 Å². The Bertz CT molecular complexity index is 1010. The third-order valence-corrected chi connectivity index (χ3v) is 5.68. The second kappa shape index (κ2) is 7.19. The summed E-state index contributed by atoms with van der Waals surface area (Å²) in [6, 6.07) is 17.1. The van der Waals surface area contributed by atoms with Gasteiger partial charge in [0.15, 0.2) is 0 Å². The number of phenols is 1. The summed E-state index contributed by atoms with van der Waals surface area (Å²) in [6.45, 7) is 8.56. The molecule has 0 aliphatic carbocycles. The molecule has 4 nitrogen and oxygen atoms in total. The number of phenolic OH excluding ortho intramolecular Hbond substituents is 1. The van der Waals surface area contributed by atoms with Crippen LogP contribution in [0.5, 0.6) is 5.75 Å². The fourth-order valence-electron chi connectivity index (χ4n) is 4.55. The Kier molecular flexibility index (Phi) is 4.96. The molecule has 2 heterocycles. The van der Waals surface area contributed by atoms with Crippen molar-refractivity contribution in [2.75, 3.05) is 0 Å². The molecule has 29 heavy (non-hydrogen) atoms. The predicted octanol–water partition coefficient (Wildman–Crippen LogP) is 6.35. The van der Waals surface area contributed by atoms with Crippen LogP contribution in [0, 0.1) is 0 Å². The number of benzene rings is 2. The number of nitrogens with zero attached hydrogens (tertiary/aromatic N) is 2. The average Bonchev–Trinajstić information content (AvgIpc) is 3.05.